The second kappa shape index (κ2) is 6.86. The second-order valence-corrected chi connectivity index (χ2v) is 4.29. The number of carbonyl (C=O) groups excluding carboxylic acids is 1. The maximum atomic E-state index is 11.8. The van der Waals surface area contributed by atoms with Crippen molar-refractivity contribution in [3.63, 3.8) is 0 Å². The molecule has 0 amide bonds. The van der Waals surface area contributed by atoms with Gasteiger partial charge in [0.2, 0.25) is 0 Å². The minimum atomic E-state index is -0.376. The van der Waals surface area contributed by atoms with Crippen molar-refractivity contribution in [2.45, 2.75) is 6.42 Å². The van der Waals surface area contributed by atoms with Crippen LogP contribution in [0.5, 0.6) is 5.75 Å². The maximum absolute atomic E-state index is 11.8. The third kappa shape index (κ3) is 4.63. The van der Waals surface area contributed by atoms with Gasteiger partial charge in [-0.1, -0.05) is 0 Å². The smallest absolute Gasteiger partial charge is 0.338 e. The first-order chi connectivity index (χ1) is 8.52. The summed E-state index contributed by atoms with van der Waals surface area (Å²) in [6, 6.07) is 4.85. The fourth-order valence-corrected chi connectivity index (χ4v) is 1.49. The summed E-state index contributed by atoms with van der Waals surface area (Å²) in [5.74, 6) is 0.176. The van der Waals surface area contributed by atoms with Crippen molar-refractivity contribution in [3.8, 4) is 5.75 Å². The standard InChI is InChI=1S/C13H20N2O3/c1-15(2)5-4-6-18-13(16)10-7-11(14)9-12(8-10)17-3/h7-9H,4-6,14H2,1-3H3. The van der Waals surface area contributed by atoms with E-state index in [4.69, 9.17) is 15.2 Å². The Balaban J connectivity index is 2.53. The van der Waals surface area contributed by atoms with E-state index in [2.05, 4.69) is 0 Å². The van der Waals surface area contributed by atoms with E-state index in [9.17, 15) is 4.79 Å². The topological polar surface area (TPSA) is 64.8 Å². The van der Waals surface area contributed by atoms with Crippen LogP contribution >= 0.6 is 0 Å². The van der Waals surface area contributed by atoms with Crippen molar-refractivity contribution in [1.82, 2.24) is 4.90 Å². The Labute approximate surface area is 107 Å². The van der Waals surface area contributed by atoms with Gasteiger partial charge in [0, 0.05) is 18.3 Å². The van der Waals surface area contributed by atoms with Crippen LogP contribution in [0, 0.1) is 0 Å². The number of carbonyl (C=O) groups is 1. The Morgan fingerprint density at radius 2 is 2.06 bits per heavy atom. The predicted molar refractivity (Wildman–Crippen MR) is 70.9 cm³/mol. The van der Waals surface area contributed by atoms with Crippen LogP contribution in [0.25, 0.3) is 0 Å². The van der Waals surface area contributed by atoms with E-state index in [-0.39, 0.29) is 5.97 Å². The number of ether oxygens (including phenoxy) is 2. The lowest BCUT2D eigenvalue weighted by Gasteiger charge is -2.10. The van der Waals surface area contributed by atoms with E-state index in [1.54, 1.807) is 18.2 Å². The summed E-state index contributed by atoms with van der Waals surface area (Å²) in [5, 5.41) is 0. The van der Waals surface area contributed by atoms with Crippen LogP contribution in [-0.2, 0) is 4.74 Å². The number of anilines is 1. The summed E-state index contributed by atoms with van der Waals surface area (Å²) in [5.41, 5.74) is 6.57. The van der Waals surface area contributed by atoms with Crippen molar-refractivity contribution in [3.05, 3.63) is 23.8 Å². The van der Waals surface area contributed by atoms with E-state index in [1.807, 2.05) is 19.0 Å². The van der Waals surface area contributed by atoms with Crippen LogP contribution < -0.4 is 10.5 Å². The molecule has 5 heteroatoms. The first-order valence-corrected chi connectivity index (χ1v) is 5.79. The molecule has 0 saturated heterocycles. The molecule has 1 aromatic carbocycles. The highest BCUT2D eigenvalue weighted by Crippen LogP contribution is 2.19. The highest BCUT2D eigenvalue weighted by molar-refractivity contribution is 5.91. The molecule has 0 heterocycles. The lowest BCUT2D eigenvalue weighted by Crippen LogP contribution is -2.16. The quantitative estimate of drug-likeness (QED) is 0.471. The molecule has 18 heavy (non-hydrogen) atoms. The van der Waals surface area contributed by atoms with Gasteiger partial charge < -0.3 is 20.1 Å². The summed E-state index contributed by atoms with van der Waals surface area (Å²) >= 11 is 0. The molecule has 0 atom stereocenters. The number of hydrogen-bond acceptors (Lipinski definition) is 5. The zero-order chi connectivity index (χ0) is 13.5. The molecular formula is C13H20N2O3. The first-order valence-electron chi connectivity index (χ1n) is 5.79. The molecule has 5 nitrogen and oxygen atoms in total. The van der Waals surface area contributed by atoms with Crippen molar-refractivity contribution in [1.29, 1.82) is 0 Å². The van der Waals surface area contributed by atoms with Crippen LogP contribution in [0.1, 0.15) is 16.8 Å². The largest absolute Gasteiger partial charge is 0.497 e. The number of nitrogens with zero attached hydrogens (tertiary/aromatic N) is 1. The molecule has 2 N–H and O–H groups in total. The highest BCUT2D eigenvalue weighted by Gasteiger charge is 2.09. The van der Waals surface area contributed by atoms with Gasteiger partial charge in [0.15, 0.2) is 0 Å². The Morgan fingerprint density at radius 3 is 2.67 bits per heavy atom. The SMILES string of the molecule is COc1cc(N)cc(C(=O)OCCCN(C)C)c1. The zero-order valence-corrected chi connectivity index (χ0v) is 11.1. The molecule has 0 fully saturated rings. The monoisotopic (exact) mass is 252 g/mol. The molecule has 0 radical (unpaired) electrons. The molecule has 0 aliphatic rings. The number of benzene rings is 1. The Kier molecular flexibility index (Phi) is 5.45. The average Bonchev–Trinajstić information content (AvgIpc) is 2.33. The van der Waals surface area contributed by atoms with Gasteiger partial charge in [-0.2, -0.15) is 0 Å². The van der Waals surface area contributed by atoms with Crippen molar-refractivity contribution < 1.29 is 14.3 Å². The van der Waals surface area contributed by atoms with Crippen LogP contribution in [0.2, 0.25) is 0 Å². The number of nitrogens with two attached hydrogens (primary N) is 1. The number of methoxy groups -OCH3 is 1. The Hall–Kier alpha value is -1.75. The van der Waals surface area contributed by atoms with Gasteiger partial charge in [0.25, 0.3) is 0 Å². The molecule has 0 unspecified atom stereocenters. The summed E-state index contributed by atoms with van der Waals surface area (Å²) in [6.07, 6.45) is 0.804. The van der Waals surface area contributed by atoms with E-state index < -0.39 is 0 Å². The predicted octanol–water partition coefficient (Wildman–Crippen LogP) is 1.39. The van der Waals surface area contributed by atoms with Gasteiger partial charge >= 0.3 is 5.97 Å². The number of rotatable bonds is 6. The minimum absolute atomic E-state index is 0.376. The molecule has 0 aliphatic heterocycles. The Morgan fingerprint density at radius 1 is 1.33 bits per heavy atom. The van der Waals surface area contributed by atoms with Crippen molar-refractivity contribution in [2.75, 3.05) is 40.1 Å². The van der Waals surface area contributed by atoms with E-state index in [1.165, 1.54) is 7.11 Å². The van der Waals surface area contributed by atoms with Crippen LogP contribution in [-0.4, -0.2) is 45.2 Å². The third-order valence-corrected chi connectivity index (χ3v) is 2.38. The van der Waals surface area contributed by atoms with Crippen LogP contribution in [0.3, 0.4) is 0 Å². The normalized spacial score (nSPS) is 10.4. The zero-order valence-electron chi connectivity index (χ0n) is 11.1. The van der Waals surface area contributed by atoms with E-state index in [0.717, 1.165) is 13.0 Å². The van der Waals surface area contributed by atoms with Crippen LogP contribution in [0.4, 0.5) is 5.69 Å². The molecular weight excluding hydrogens is 232 g/mol. The molecule has 1 aromatic rings. The number of nitrogen functional groups attached to an aromatic ring is 1. The van der Waals surface area contributed by atoms with Gasteiger partial charge in [-0.05, 0) is 32.6 Å². The summed E-state index contributed by atoms with van der Waals surface area (Å²) in [7, 11) is 5.48. The van der Waals surface area contributed by atoms with Gasteiger partial charge in [-0.25, -0.2) is 4.79 Å². The molecule has 1 rings (SSSR count). The average molecular weight is 252 g/mol. The van der Waals surface area contributed by atoms with Gasteiger partial charge in [-0.15, -0.1) is 0 Å². The summed E-state index contributed by atoms with van der Waals surface area (Å²) in [6.45, 7) is 1.28. The summed E-state index contributed by atoms with van der Waals surface area (Å²) < 4.78 is 10.2. The molecule has 100 valence electrons. The maximum Gasteiger partial charge on any atom is 0.338 e. The van der Waals surface area contributed by atoms with E-state index >= 15 is 0 Å². The molecule has 0 aliphatic carbocycles. The minimum Gasteiger partial charge on any atom is -0.497 e. The van der Waals surface area contributed by atoms with E-state index in [0.29, 0.717) is 23.6 Å². The third-order valence-electron chi connectivity index (χ3n) is 2.38. The second-order valence-electron chi connectivity index (χ2n) is 4.29. The molecule has 0 aromatic heterocycles. The molecule has 0 spiro atoms. The highest BCUT2D eigenvalue weighted by atomic mass is 16.5. The number of esters is 1. The van der Waals surface area contributed by atoms with Gasteiger partial charge in [0.05, 0.1) is 19.3 Å². The van der Waals surface area contributed by atoms with Crippen LogP contribution in [0.15, 0.2) is 18.2 Å². The molecule has 0 bridgehead atoms. The fourth-order valence-electron chi connectivity index (χ4n) is 1.49. The molecule has 0 saturated carbocycles. The summed E-state index contributed by atoms with van der Waals surface area (Å²) in [4.78, 5) is 13.8. The Bertz CT molecular complexity index is 405. The first kappa shape index (κ1) is 14.3. The van der Waals surface area contributed by atoms with Gasteiger partial charge in [-0.3, -0.25) is 0 Å². The fraction of sp³-hybridized carbons (Fsp3) is 0.462. The van der Waals surface area contributed by atoms with Crippen molar-refractivity contribution in [2.24, 2.45) is 0 Å². The van der Waals surface area contributed by atoms with Gasteiger partial charge in [0.1, 0.15) is 5.75 Å². The van der Waals surface area contributed by atoms with Crippen molar-refractivity contribution >= 4 is 11.7 Å². The lowest BCUT2D eigenvalue weighted by molar-refractivity contribution is 0.0493. The lowest BCUT2D eigenvalue weighted by atomic mass is 10.2. The number of hydrogen-bond donors (Lipinski definition) is 1.